The minimum absolute atomic E-state index is 0.0251. The number of carbonyl (C=O) groups excluding carboxylic acids is 3. The van der Waals surface area contributed by atoms with Crippen molar-refractivity contribution < 1.29 is 75.8 Å². The summed E-state index contributed by atoms with van der Waals surface area (Å²) >= 11 is 0. The predicted octanol–water partition coefficient (Wildman–Crippen LogP) is 16.6. The quantitative estimate of drug-likeness (QED) is 0.0514. The number of halogens is 3. The Morgan fingerprint density at radius 3 is 1.11 bits per heavy atom. The maximum atomic E-state index is 13.9. The highest BCUT2D eigenvalue weighted by atomic mass is 19.1. The van der Waals surface area contributed by atoms with Crippen molar-refractivity contribution in [1.82, 2.24) is 10.1 Å². The molecule has 0 saturated heterocycles. The van der Waals surface area contributed by atoms with Gasteiger partial charge in [0.2, 0.25) is 17.2 Å². The van der Waals surface area contributed by atoms with Crippen LogP contribution in [0, 0.1) is 17.5 Å². The van der Waals surface area contributed by atoms with Gasteiger partial charge in [0.25, 0.3) is 0 Å². The van der Waals surface area contributed by atoms with Gasteiger partial charge in [0.15, 0.2) is 34.5 Å². The Balaban J connectivity index is 0.000000159. The number of allylic oxidation sites excluding steroid dienone is 6. The van der Waals surface area contributed by atoms with Crippen LogP contribution in [0.15, 0.2) is 179 Å². The van der Waals surface area contributed by atoms with E-state index in [-0.39, 0.29) is 87.9 Å². The molecule has 0 spiro atoms. The van der Waals surface area contributed by atoms with Gasteiger partial charge >= 0.3 is 0 Å². The number of phenolic OH excluding ortho intramolecular Hbond substituents is 3. The molecule has 7 aromatic carbocycles. The fourth-order valence-corrected chi connectivity index (χ4v) is 11.8. The third-order valence-electron chi connectivity index (χ3n) is 16.6. The second-order valence-electron chi connectivity index (χ2n) is 23.1. The number of ketones is 3. The molecule has 3 aliphatic carbocycles. The van der Waals surface area contributed by atoms with Crippen LogP contribution in [0.3, 0.4) is 0 Å². The molecule has 98 heavy (non-hydrogen) atoms. The number of fused-ring (bicyclic) bond motifs is 3. The SMILES string of the molecule is COc1cc(/C=C2/C(CCC(=O)Cc3ccccc3)=Cc3cc(F)ccc32)cc(OC)c1O.COc1cc(/C=C2/C(CCC(=O)Cc3ccccn3)=Cc3cc(F)ccc32)cc(OC)c1O.COc1cc(/C=C2/C(CCC(=O)Cc3ccno3)=Cc3cc(F)ccc32)cc(OC)c1O. The Hall–Kier alpha value is -11.7. The fourth-order valence-electron chi connectivity index (χ4n) is 11.8. The molecule has 15 nitrogen and oxygen atoms in total. The molecule has 0 amide bonds. The van der Waals surface area contributed by atoms with Gasteiger partial charge in [-0.3, -0.25) is 19.4 Å². The van der Waals surface area contributed by atoms with Crippen LogP contribution in [-0.2, 0) is 33.6 Å². The van der Waals surface area contributed by atoms with Crippen molar-refractivity contribution in [2.24, 2.45) is 0 Å². The number of hydrogen-bond donors (Lipinski definition) is 3. The maximum Gasteiger partial charge on any atom is 0.200 e. The van der Waals surface area contributed by atoms with Gasteiger partial charge in [0.05, 0.1) is 55.3 Å². The zero-order chi connectivity index (χ0) is 69.4. The normalized spacial score (nSPS) is 13.6. The van der Waals surface area contributed by atoms with E-state index in [1.165, 1.54) is 85.3 Å². The first-order chi connectivity index (χ1) is 47.4. The van der Waals surface area contributed by atoms with Crippen LogP contribution < -0.4 is 28.4 Å². The van der Waals surface area contributed by atoms with Crippen LogP contribution >= 0.6 is 0 Å². The van der Waals surface area contributed by atoms with Crippen molar-refractivity contribution in [2.75, 3.05) is 42.7 Å². The topological polar surface area (TPSA) is 206 Å². The number of aromatic hydroxyl groups is 3. The second-order valence-corrected chi connectivity index (χ2v) is 23.1. The highest BCUT2D eigenvalue weighted by Crippen LogP contribution is 2.46. The summed E-state index contributed by atoms with van der Waals surface area (Å²) < 4.78 is 78.2. The van der Waals surface area contributed by atoms with E-state index in [0.717, 1.165) is 94.8 Å². The lowest BCUT2D eigenvalue weighted by molar-refractivity contribution is -0.119. The van der Waals surface area contributed by atoms with Gasteiger partial charge < -0.3 is 48.3 Å². The van der Waals surface area contributed by atoms with Gasteiger partial charge in [-0.1, -0.05) is 78.0 Å². The summed E-state index contributed by atoms with van der Waals surface area (Å²) in [5.74, 6) is 1.33. The summed E-state index contributed by atoms with van der Waals surface area (Å²) in [6, 6.07) is 41.0. The number of benzene rings is 7. The Labute approximate surface area is 565 Å². The van der Waals surface area contributed by atoms with Crippen molar-refractivity contribution in [2.45, 2.75) is 57.8 Å². The van der Waals surface area contributed by atoms with Gasteiger partial charge in [-0.05, 0) is 211 Å². The molecule has 2 aromatic heterocycles. The monoisotopic (exact) mass is 1320 g/mol. The lowest BCUT2D eigenvalue weighted by Crippen LogP contribution is -2.04. The third-order valence-corrected chi connectivity index (χ3v) is 16.6. The molecule has 0 saturated carbocycles. The van der Waals surface area contributed by atoms with Crippen LogP contribution in [0.25, 0.3) is 53.2 Å². The minimum atomic E-state index is -0.324. The molecule has 3 N–H and O–H groups in total. The van der Waals surface area contributed by atoms with E-state index < -0.39 is 0 Å². The first kappa shape index (κ1) is 69.2. The van der Waals surface area contributed by atoms with Crippen molar-refractivity contribution >= 4 is 70.5 Å². The van der Waals surface area contributed by atoms with Gasteiger partial charge in [-0.15, -0.1) is 0 Å². The minimum Gasteiger partial charge on any atom is -0.502 e. The van der Waals surface area contributed by atoms with E-state index in [1.54, 1.807) is 66.9 Å². The highest BCUT2D eigenvalue weighted by Gasteiger charge is 2.26. The highest BCUT2D eigenvalue weighted by molar-refractivity contribution is 6.04. The van der Waals surface area contributed by atoms with Gasteiger partial charge in [-0.2, -0.15) is 0 Å². The zero-order valence-electron chi connectivity index (χ0n) is 54.8. The lowest BCUT2D eigenvalue weighted by atomic mass is 9.95. The Bertz CT molecular complexity index is 4360. The first-order valence-electron chi connectivity index (χ1n) is 31.4. The number of nitrogens with zero attached hydrogens (tertiary/aromatic N) is 2. The Kier molecular flexibility index (Phi) is 22.7. The average molecular weight is 1330 g/mol. The van der Waals surface area contributed by atoms with Crippen molar-refractivity contribution in [1.29, 1.82) is 0 Å². The molecule has 0 atom stereocenters. The van der Waals surface area contributed by atoms with Crippen LogP contribution in [-0.4, -0.2) is 85.5 Å². The van der Waals surface area contributed by atoms with E-state index in [9.17, 15) is 42.9 Å². The average Bonchev–Trinajstić information content (AvgIpc) is 1.62. The predicted molar refractivity (Wildman–Crippen MR) is 371 cm³/mol. The molecule has 0 aliphatic heterocycles. The summed E-state index contributed by atoms with van der Waals surface area (Å²) in [7, 11) is 8.82. The van der Waals surface area contributed by atoms with E-state index >= 15 is 0 Å². The number of methoxy groups -OCH3 is 6. The number of aromatic nitrogens is 2. The number of Topliss-reactive ketones (excluding diaryl/α,β-unsaturated/α-hetero) is 3. The Morgan fingerprint density at radius 1 is 0.418 bits per heavy atom. The summed E-state index contributed by atoms with van der Waals surface area (Å²) in [4.78, 5) is 41.8. The van der Waals surface area contributed by atoms with Crippen LogP contribution in [0.5, 0.6) is 51.7 Å². The molecule has 0 fully saturated rings. The molecular weight excluding hydrogens is 1250 g/mol. The fraction of sp³-hybridized carbons (Fsp3) is 0.188. The molecule has 18 heteroatoms. The number of rotatable bonds is 24. The van der Waals surface area contributed by atoms with Crippen molar-refractivity contribution in [3.63, 3.8) is 0 Å². The summed E-state index contributed by atoms with van der Waals surface area (Å²) in [5.41, 5.74) is 14.4. The number of phenols is 3. The molecule has 2 heterocycles. The van der Waals surface area contributed by atoms with Crippen LogP contribution in [0.1, 0.15) is 106 Å². The van der Waals surface area contributed by atoms with Crippen molar-refractivity contribution in [3.05, 3.63) is 259 Å². The van der Waals surface area contributed by atoms with E-state index in [0.29, 0.717) is 62.2 Å². The number of ether oxygens (including phenoxy) is 6. The van der Waals surface area contributed by atoms with Crippen LogP contribution in [0.2, 0.25) is 0 Å². The molecule has 12 rings (SSSR count). The van der Waals surface area contributed by atoms with Crippen molar-refractivity contribution in [3.8, 4) is 51.7 Å². The maximum absolute atomic E-state index is 13.9. The largest absolute Gasteiger partial charge is 0.502 e. The number of carbonyl (C=O) groups is 3. The first-order valence-corrected chi connectivity index (χ1v) is 31.4. The second kappa shape index (κ2) is 32.2. The standard InChI is InChI=1S/C28H25FO4.C27H24FNO4.C25H22FNO5/c1-32-26-14-19(15-27(33-2)28(26)31)13-25-20(16-21-17-22(29)9-11-24(21)25)8-10-23(30)12-18-6-4-3-5-7-18;1-32-25-12-17(13-26(33-2)27(25)31)11-24-18(14-19-15-20(28)7-9-23(19)24)6-8-22(30)16-21-5-3-4-10-29-21;1-30-23-10-15(11-24(31-2)25(23)29)9-22-16(12-17-13-18(26)4-6-21(17)22)3-5-19(28)14-20-7-8-27-32-20/h3-7,9,11,13-17,31H,8,10,12H2,1-2H3;3-5,7,9-15,31H,6,8,16H2,1-2H3;4,6-13,29H,3,5,14H2,1-2H3/b25-13-;24-11-;22-9-. The van der Waals surface area contributed by atoms with E-state index in [4.69, 9.17) is 32.9 Å². The third kappa shape index (κ3) is 17.1. The molecule has 9 aromatic rings. The molecular formula is C80H71F3N2O13. The smallest absolute Gasteiger partial charge is 0.200 e. The molecule has 3 aliphatic rings. The Morgan fingerprint density at radius 2 is 0.776 bits per heavy atom. The zero-order valence-corrected chi connectivity index (χ0v) is 54.8. The number of hydrogen-bond acceptors (Lipinski definition) is 15. The van der Waals surface area contributed by atoms with Gasteiger partial charge in [0.1, 0.15) is 40.6 Å². The molecule has 500 valence electrons. The summed E-state index contributed by atoms with van der Waals surface area (Å²) in [5, 5.41) is 34.2. The molecule has 0 bridgehead atoms. The van der Waals surface area contributed by atoms with Crippen LogP contribution in [0.4, 0.5) is 13.2 Å². The van der Waals surface area contributed by atoms with Gasteiger partial charge in [0, 0.05) is 50.1 Å². The summed E-state index contributed by atoms with van der Waals surface area (Å²) in [6.07, 6.45) is 18.2. The molecule has 0 unspecified atom stereocenters. The van der Waals surface area contributed by atoms with E-state index in [1.807, 2.05) is 85.0 Å². The molecule has 0 radical (unpaired) electrons. The lowest BCUT2D eigenvalue weighted by Gasteiger charge is -2.12. The van der Waals surface area contributed by atoms with Gasteiger partial charge in [-0.25, -0.2) is 13.2 Å². The summed E-state index contributed by atoms with van der Waals surface area (Å²) in [6.45, 7) is 0. The number of pyridine rings is 1. The van der Waals surface area contributed by atoms with E-state index in [2.05, 4.69) is 10.1 Å².